The van der Waals surface area contributed by atoms with E-state index in [1.807, 2.05) is 54.7 Å². The first-order valence-corrected chi connectivity index (χ1v) is 9.77. The summed E-state index contributed by atoms with van der Waals surface area (Å²) in [6.07, 6.45) is 1.56. The number of carbonyl (C=O) groups is 2. The van der Waals surface area contributed by atoms with E-state index in [4.69, 9.17) is 5.10 Å². The van der Waals surface area contributed by atoms with E-state index in [1.165, 1.54) is 11.0 Å². The highest BCUT2D eigenvalue weighted by molar-refractivity contribution is 5.97. The van der Waals surface area contributed by atoms with Gasteiger partial charge in [-0.2, -0.15) is 10.2 Å². The number of amides is 1. The zero-order valence-electron chi connectivity index (χ0n) is 17.2. The lowest BCUT2D eigenvalue weighted by molar-refractivity contribution is -0.133. The van der Waals surface area contributed by atoms with Crippen molar-refractivity contribution in [3.8, 4) is 22.5 Å². The van der Waals surface area contributed by atoms with E-state index in [0.29, 0.717) is 5.69 Å². The van der Waals surface area contributed by atoms with E-state index >= 15 is 0 Å². The first-order valence-electron chi connectivity index (χ1n) is 9.77. The summed E-state index contributed by atoms with van der Waals surface area (Å²) in [7, 11) is 3.16. The van der Waals surface area contributed by atoms with Crippen molar-refractivity contribution < 1.29 is 9.59 Å². The number of carbonyl (C=O) groups excluding carboxylic acids is 2. The first-order chi connectivity index (χ1) is 14.9. The van der Waals surface area contributed by atoms with Gasteiger partial charge < -0.3 is 4.90 Å². The molecule has 0 saturated carbocycles. The molecule has 0 saturated heterocycles. The molecule has 0 radical (unpaired) electrons. The van der Waals surface area contributed by atoms with Crippen LogP contribution in [0.4, 0.5) is 0 Å². The first kappa shape index (κ1) is 20.2. The third kappa shape index (κ3) is 4.13. The molecule has 3 heterocycles. The summed E-state index contributed by atoms with van der Waals surface area (Å²) in [5, 5.41) is 9.15. The van der Waals surface area contributed by atoms with Gasteiger partial charge in [0.25, 0.3) is 5.56 Å². The van der Waals surface area contributed by atoms with Crippen LogP contribution in [0.5, 0.6) is 0 Å². The number of ketones is 1. The lowest BCUT2D eigenvalue weighted by Crippen LogP contribution is -2.30. The number of pyridine rings is 1. The number of nitrogens with zero attached hydrogens (tertiary/aromatic N) is 5. The van der Waals surface area contributed by atoms with Crippen LogP contribution in [0.15, 0.2) is 71.7 Å². The largest absolute Gasteiger partial charge is 0.348 e. The molecule has 156 valence electrons. The number of benzene rings is 1. The summed E-state index contributed by atoms with van der Waals surface area (Å²) < 4.78 is 2.86. The standard InChI is InChI=1S/C23H21N5O3/c1-26(2)21(31)14-17(29)15-28-20(30)12-11-18(24-28)22-19-10-6-7-13-27(19)25-23(22)16-8-4-3-5-9-16/h3-13H,14-15H2,1-2H3. The second-order valence-corrected chi connectivity index (χ2v) is 7.34. The number of rotatable bonds is 6. The Labute approximate surface area is 178 Å². The fourth-order valence-corrected chi connectivity index (χ4v) is 3.29. The maximum Gasteiger partial charge on any atom is 0.267 e. The molecule has 0 spiro atoms. The van der Waals surface area contributed by atoms with E-state index in [0.717, 1.165) is 27.0 Å². The third-order valence-electron chi connectivity index (χ3n) is 4.88. The molecule has 3 aromatic heterocycles. The minimum Gasteiger partial charge on any atom is -0.348 e. The molecule has 0 aliphatic rings. The molecular weight excluding hydrogens is 394 g/mol. The summed E-state index contributed by atoms with van der Waals surface area (Å²) in [5.41, 5.74) is 3.33. The van der Waals surface area contributed by atoms with Crippen LogP contribution in [0.3, 0.4) is 0 Å². The molecule has 0 fully saturated rings. The highest BCUT2D eigenvalue weighted by atomic mass is 16.2. The zero-order valence-corrected chi connectivity index (χ0v) is 17.2. The minimum absolute atomic E-state index is 0.272. The van der Waals surface area contributed by atoms with Gasteiger partial charge in [0.1, 0.15) is 12.2 Å². The van der Waals surface area contributed by atoms with Crippen LogP contribution in [-0.2, 0) is 16.1 Å². The SMILES string of the molecule is CN(C)C(=O)CC(=O)Cn1nc(-c2c(-c3ccccc3)nn3ccccc23)ccc1=O. The second kappa shape index (κ2) is 8.35. The van der Waals surface area contributed by atoms with Crippen LogP contribution in [0, 0.1) is 0 Å². The average molecular weight is 415 g/mol. The topological polar surface area (TPSA) is 89.6 Å². The van der Waals surface area contributed by atoms with Crippen LogP contribution in [0.2, 0.25) is 0 Å². The predicted octanol–water partition coefficient (Wildman–Crippen LogP) is 2.27. The van der Waals surface area contributed by atoms with Gasteiger partial charge >= 0.3 is 0 Å². The summed E-state index contributed by atoms with van der Waals surface area (Å²) in [6.45, 7) is -0.272. The molecule has 0 unspecified atom stereocenters. The van der Waals surface area contributed by atoms with E-state index in [9.17, 15) is 14.4 Å². The Hall–Kier alpha value is -4.07. The van der Waals surface area contributed by atoms with Gasteiger partial charge in [-0.15, -0.1) is 0 Å². The van der Waals surface area contributed by atoms with Crippen molar-refractivity contribution in [2.75, 3.05) is 14.1 Å². The zero-order chi connectivity index (χ0) is 22.0. The second-order valence-electron chi connectivity index (χ2n) is 7.34. The van der Waals surface area contributed by atoms with Gasteiger partial charge in [0.15, 0.2) is 5.78 Å². The Bertz CT molecular complexity index is 1320. The van der Waals surface area contributed by atoms with Crippen molar-refractivity contribution in [2.24, 2.45) is 0 Å². The molecule has 1 aromatic carbocycles. The molecule has 8 heteroatoms. The van der Waals surface area contributed by atoms with Crippen molar-refractivity contribution >= 4 is 17.2 Å². The Morgan fingerprint density at radius 2 is 1.68 bits per heavy atom. The monoisotopic (exact) mass is 415 g/mol. The van der Waals surface area contributed by atoms with Crippen molar-refractivity contribution in [3.63, 3.8) is 0 Å². The number of fused-ring (bicyclic) bond motifs is 1. The van der Waals surface area contributed by atoms with Crippen LogP contribution < -0.4 is 5.56 Å². The molecule has 0 aliphatic carbocycles. The van der Waals surface area contributed by atoms with Crippen LogP contribution in [0.1, 0.15) is 6.42 Å². The molecule has 0 atom stereocenters. The summed E-state index contributed by atoms with van der Waals surface area (Å²) in [5.74, 6) is -0.697. The average Bonchev–Trinajstić information content (AvgIpc) is 3.15. The maximum absolute atomic E-state index is 12.3. The molecule has 0 bridgehead atoms. The lowest BCUT2D eigenvalue weighted by atomic mass is 10.0. The normalized spacial score (nSPS) is 10.9. The third-order valence-corrected chi connectivity index (χ3v) is 4.88. The Balaban J connectivity index is 1.79. The van der Waals surface area contributed by atoms with Gasteiger partial charge in [0, 0.05) is 31.9 Å². The highest BCUT2D eigenvalue weighted by Crippen LogP contribution is 2.33. The van der Waals surface area contributed by atoms with Gasteiger partial charge in [-0.05, 0) is 18.2 Å². The van der Waals surface area contributed by atoms with Crippen molar-refractivity contribution in [3.05, 3.63) is 77.2 Å². The fraction of sp³-hybridized carbons (Fsp3) is 0.174. The lowest BCUT2D eigenvalue weighted by Gasteiger charge is -2.10. The molecule has 0 aliphatic heterocycles. The van der Waals surface area contributed by atoms with Crippen molar-refractivity contribution in [1.82, 2.24) is 24.3 Å². The highest BCUT2D eigenvalue weighted by Gasteiger charge is 2.19. The molecule has 31 heavy (non-hydrogen) atoms. The van der Waals surface area contributed by atoms with Gasteiger partial charge in [0.2, 0.25) is 5.91 Å². The molecule has 0 N–H and O–H groups in total. The van der Waals surface area contributed by atoms with Gasteiger partial charge in [-0.25, -0.2) is 9.20 Å². The molecule has 1 amide bonds. The molecule has 4 rings (SSSR count). The van der Waals surface area contributed by atoms with Crippen LogP contribution in [0.25, 0.3) is 28.0 Å². The van der Waals surface area contributed by atoms with E-state index in [1.54, 1.807) is 24.7 Å². The van der Waals surface area contributed by atoms with E-state index in [2.05, 4.69) is 5.10 Å². The van der Waals surface area contributed by atoms with Gasteiger partial charge in [0.05, 0.1) is 23.2 Å². The summed E-state index contributed by atoms with van der Waals surface area (Å²) in [4.78, 5) is 37.8. The maximum atomic E-state index is 12.3. The number of hydrogen-bond acceptors (Lipinski definition) is 5. The number of hydrogen-bond donors (Lipinski definition) is 0. The van der Waals surface area contributed by atoms with E-state index in [-0.39, 0.29) is 24.7 Å². The molecule has 4 aromatic rings. The Kier molecular flexibility index (Phi) is 5.44. The van der Waals surface area contributed by atoms with Crippen LogP contribution in [-0.4, -0.2) is 50.1 Å². The van der Waals surface area contributed by atoms with E-state index < -0.39 is 5.56 Å². The summed E-state index contributed by atoms with van der Waals surface area (Å²) >= 11 is 0. The fourth-order valence-electron chi connectivity index (χ4n) is 3.29. The predicted molar refractivity (Wildman–Crippen MR) is 116 cm³/mol. The van der Waals surface area contributed by atoms with Gasteiger partial charge in [-0.1, -0.05) is 36.4 Å². The van der Waals surface area contributed by atoms with Crippen molar-refractivity contribution in [1.29, 1.82) is 0 Å². The quantitative estimate of drug-likeness (QED) is 0.451. The van der Waals surface area contributed by atoms with Crippen LogP contribution >= 0.6 is 0 Å². The smallest absolute Gasteiger partial charge is 0.267 e. The molecular formula is C23H21N5O3. The van der Waals surface area contributed by atoms with Crippen molar-refractivity contribution in [2.45, 2.75) is 13.0 Å². The Morgan fingerprint density at radius 3 is 2.42 bits per heavy atom. The molecule has 8 nitrogen and oxygen atoms in total. The number of aromatic nitrogens is 4. The number of Topliss-reactive ketones (excluding diaryl/α,β-unsaturated/α-hetero) is 1. The summed E-state index contributed by atoms with van der Waals surface area (Å²) in [6, 6.07) is 18.4. The van der Waals surface area contributed by atoms with Gasteiger partial charge in [-0.3, -0.25) is 14.4 Å². The Morgan fingerprint density at radius 1 is 0.935 bits per heavy atom. The minimum atomic E-state index is -0.410.